The maximum absolute atomic E-state index is 13.7. The largest absolute Gasteiger partial charge is 0.505 e. The molecule has 2 aromatic carbocycles. The Morgan fingerprint density at radius 2 is 1.93 bits per heavy atom. The Labute approximate surface area is 163 Å². The lowest BCUT2D eigenvalue weighted by Crippen LogP contribution is -2.43. The van der Waals surface area contributed by atoms with Gasteiger partial charge in [-0.3, -0.25) is 0 Å². The predicted octanol–water partition coefficient (Wildman–Crippen LogP) is 4.40. The van der Waals surface area contributed by atoms with Crippen LogP contribution >= 0.6 is 0 Å². The summed E-state index contributed by atoms with van der Waals surface area (Å²) >= 11 is 0. The number of para-hydroxylation sites is 1. The fraction of sp³-hybridized carbons (Fsp3) is 0.250. The number of hydrogen-bond donors (Lipinski definition) is 2. The molecule has 0 amide bonds. The first kappa shape index (κ1) is 20.7. The van der Waals surface area contributed by atoms with E-state index >= 15 is 0 Å². The zero-order valence-corrected chi connectivity index (χ0v) is 15.4. The molecule has 0 saturated carbocycles. The first-order valence-electron chi connectivity index (χ1n) is 8.47. The van der Waals surface area contributed by atoms with Crippen molar-refractivity contribution in [3.63, 3.8) is 0 Å². The molecule has 1 aliphatic rings. The summed E-state index contributed by atoms with van der Waals surface area (Å²) in [5.41, 5.74) is -0.410. The van der Waals surface area contributed by atoms with Gasteiger partial charge < -0.3 is 19.8 Å². The molecule has 2 N–H and O–H groups in total. The van der Waals surface area contributed by atoms with E-state index in [9.17, 15) is 32.6 Å². The Morgan fingerprint density at radius 3 is 2.52 bits per heavy atom. The van der Waals surface area contributed by atoms with Crippen molar-refractivity contribution >= 4 is 17.2 Å². The van der Waals surface area contributed by atoms with Crippen molar-refractivity contribution in [1.82, 2.24) is 0 Å². The van der Waals surface area contributed by atoms with E-state index in [0.29, 0.717) is 0 Å². The standard InChI is InChI=1S/C20H17F4NO4/c1-10-13-7-6-12(20(22,23)24)8-15(13)25(18(29-2)16(10)19(27)28)9-11-4-3-5-14(21)17(11)26/h3-8,18,26H,9H2,1-2H3,(H,27,28). The highest BCUT2D eigenvalue weighted by Crippen LogP contribution is 2.43. The second-order valence-corrected chi connectivity index (χ2v) is 6.54. The number of phenolic OH excluding ortho intramolecular Hbond substituents is 1. The van der Waals surface area contributed by atoms with Gasteiger partial charge in [-0.15, -0.1) is 0 Å². The van der Waals surface area contributed by atoms with Crippen molar-refractivity contribution in [2.75, 3.05) is 12.0 Å². The predicted molar refractivity (Wildman–Crippen MR) is 96.7 cm³/mol. The molecule has 0 radical (unpaired) electrons. The van der Waals surface area contributed by atoms with Gasteiger partial charge in [0, 0.05) is 30.5 Å². The molecule has 0 spiro atoms. The van der Waals surface area contributed by atoms with E-state index in [1.807, 2.05) is 0 Å². The third-order valence-electron chi connectivity index (χ3n) is 4.84. The number of alkyl halides is 3. The number of ether oxygens (including phenoxy) is 1. The number of rotatable bonds is 4. The number of hydrogen-bond acceptors (Lipinski definition) is 4. The van der Waals surface area contributed by atoms with Gasteiger partial charge in [0.05, 0.1) is 11.1 Å². The third kappa shape index (κ3) is 3.65. The number of carboxylic acids is 1. The van der Waals surface area contributed by atoms with Crippen LogP contribution in [-0.2, 0) is 22.3 Å². The number of aliphatic carboxylic acids is 1. The van der Waals surface area contributed by atoms with Crippen LogP contribution in [-0.4, -0.2) is 29.5 Å². The number of benzene rings is 2. The summed E-state index contributed by atoms with van der Waals surface area (Å²) in [5.74, 6) is -2.87. The summed E-state index contributed by atoms with van der Waals surface area (Å²) in [5, 5.41) is 19.6. The summed E-state index contributed by atoms with van der Waals surface area (Å²) in [6.07, 6.45) is -5.86. The second kappa shape index (κ2) is 7.40. The van der Waals surface area contributed by atoms with Crippen LogP contribution in [0, 0.1) is 5.82 Å². The lowest BCUT2D eigenvalue weighted by molar-refractivity contribution is -0.137. The van der Waals surface area contributed by atoms with Gasteiger partial charge in [-0.25, -0.2) is 9.18 Å². The summed E-state index contributed by atoms with van der Waals surface area (Å²) in [7, 11) is 1.22. The Kier molecular flexibility index (Phi) is 5.27. The normalized spacial score (nSPS) is 16.8. The molecule has 1 atom stereocenters. The van der Waals surface area contributed by atoms with E-state index in [1.54, 1.807) is 0 Å². The van der Waals surface area contributed by atoms with E-state index in [0.717, 1.165) is 18.2 Å². The van der Waals surface area contributed by atoms with Crippen molar-refractivity contribution in [2.24, 2.45) is 0 Å². The highest BCUT2D eigenvalue weighted by atomic mass is 19.4. The molecule has 5 nitrogen and oxygen atoms in total. The lowest BCUT2D eigenvalue weighted by atomic mass is 9.91. The molecule has 1 aliphatic heterocycles. The summed E-state index contributed by atoms with van der Waals surface area (Å²) in [6.45, 7) is 1.21. The van der Waals surface area contributed by atoms with Crippen LogP contribution in [0.3, 0.4) is 0 Å². The number of methoxy groups -OCH3 is 1. The van der Waals surface area contributed by atoms with Gasteiger partial charge in [0.25, 0.3) is 0 Å². The fourth-order valence-electron chi connectivity index (χ4n) is 3.43. The van der Waals surface area contributed by atoms with Crippen LogP contribution in [0.1, 0.15) is 23.6 Å². The van der Waals surface area contributed by atoms with Crippen molar-refractivity contribution < 1.29 is 37.3 Å². The number of carbonyl (C=O) groups is 1. The monoisotopic (exact) mass is 411 g/mol. The Bertz CT molecular complexity index is 1000. The second-order valence-electron chi connectivity index (χ2n) is 6.54. The number of nitrogens with zero attached hydrogens (tertiary/aromatic N) is 1. The number of anilines is 1. The van der Waals surface area contributed by atoms with Crippen molar-refractivity contribution in [3.05, 3.63) is 64.5 Å². The smallest absolute Gasteiger partial charge is 0.416 e. The molecule has 2 aromatic rings. The Morgan fingerprint density at radius 1 is 1.24 bits per heavy atom. The topological polar surface area (TPSA) is 70.0 Å². The van der Waals surface area contributed by atoms with Gasteiger partial charge in [0.2, 0.25) is 0 Å². The average molecular weight is 411 g/mol. The Balaban J connectivity index is 2.23. The molecule has 29 heavy (non-hydrogen) atoms. The van der Waals surface area contributed by atoms with Crippen LogP contribution in [0.5, 0.6) is 5.75 Å². The van der Waals surface area contributed by atoms with E-state index in [4.69, 9.17) is 4.74 Å². The molecule has 0 fully saturated rings. The maximum Gasteiger partial charge on any atom is 0.416 e. The number of fused-ring (bicyclic) bond motifs is 1. The summed E-state index contributed by atoms with van der Waals surface area (Å²) in [4.78, 5) is 13.1. The SMILES string of the molecule is COC1C(C(=O)O)=C(C)c2ccc(C(F)(F)F)cc2N1Cc1cccc(F)c1O. The minimum Gasteiger partial charge on any atom is -0.505 e. The molecule has 3 rings (SSSR count). The van der Waals surface area contributed by atoms with Gasteiger partial charge in [-0.1, -0.05) is 18.2 Å². The van der Waals surface area contributed by atoms with E-state index in [1.165, 1.54) is 37.1 Å². The first-order valence-corrected chi connectivity index (χ1v) is 8.47. The van der Waals surface area contributed by atoms with E-state index < -0.39 is 35.5 Å². The molecule has 0 saturated heterocycles. The third-order valence-corrected chi connectivity index (χ3v) is 4.84. The zero-order chi connectivity index (χ0) is 21.5. The fourth-order valence-corrected chi connectivity index (χ4v) is 3.43. The lowest BCUT2D eigenvalue weighted by Gasteiger charge is -2.39. The van der Waals surface area contributed by atoms with Gasteiger partial charge >= 0.3 is 12.1 Å². The van der Waals surface area contributed by atoms with Crippen molar-refractivity contribution in [1.29, 1.82) is 0 Å². The van der Waals surface area contributed by atoms with Crippen LogP contribution in [0.4, 0.5) is 23.2 Å². The molecule has 0 bridgehead atoms. The quantitative estimate of drug-likeness (QED) is 0.730. The van der Waals surface area contributed by atoms with Gasteiger partial charge in [-0.2, -0.15) is 13.2 Å². The molecule has 0 aromatic heterocycles. The molecule has 154 valence electrons. The number of halogens is 4. The number of phenols is 1. The highest BCUT2D eigenvalue weighted by molar-refractivity contribution is 6.01. The van der Waals surface area contributed by atoms with Crippen molar-refractivity contribution in [2.45, 2.75) is 25.9 Å². The van der Waals surface area contributed by atoms with Crippen LogP contribution < -0.4 is 4.90 Å². The van der Waals surface area contributed by atoms with Crippen LogP contribution in [0.25, 0.3) is 5.57 Å². The molecule has 9 heteroatoms. The van der Waals surface area contributed by atoms with Gasteiger partial charge in [0.1, 0.15) is 0 Å². The first-order chi connectivity index (χ1) is 13.6. The minimum absolute atomic E-state index is 0.0674. The van der Waals surface area contributed by atoms with Crippen LogP contribution in [0.2, 0.25) is 0 Å². The van der Waals surface area contributed by atoms with Crippen molar-refractivity contribution in [3.8, 4) is 5.75 Å². The van der Waals surface area contributed by atoms with E-state index in [-0.39, 0.29) is 34.5 Å². The van der Waals surface area contributed by atoms with E-state index in [2.05, 4.69) is 0 Å². The number of carboxylic acid groups (broad SMARTS) is 1. The number of allylic oxidation sites excluding steroid dienone is 1. The molecule has 1 heterocycles. The number of aromatic hydroxyl groups is 1. The minimum atomic E-state index is -4.62. The highest BCUT2D eigenvalue weighted by Gasteiger charge is 2.38. The summed E-state index contributed by atoms with van der Waals surface area (Å²) in [6, 6.07) is 6.71. The van der Waals surface area contributed by atoms with Crippen LogP contribution in [0.15, 0.2) is 42.0 Å². The molecule has 1 unspecified atom stereocenters. The maximum atomic E-state index is 13.7. The van der Waals surface area contributed by atoms with Gasteiger partial charge in [0.15, 0.2) is 17.8 Å². The Hall–Kier alpha value is -3.07. The van der Waals surface area contributed by atoms with Gasteiger partial charge in [-0.05, 0) is 30.7 Å². The molecular weight excluding hydrogens is 394 g/mol. The zero-order valence-electron chi connectivity index (χ0n) is 15.4. The molecular formula is C20H17F4NO4. The summed E-state index contributed by atoms with van der Waals surface area (Å²) < 4.78 is 58.8. The average Bonchev–Trinajstić information content (AvgIpc) is 2.65. The molecule has 0 aliphatic carbocycles.